The van der Waals surface area contributed by atoms with E-state index in [0.29, 0.717) is 12.8 Å². The van der Waals surface area contributed by atoms with Crippen molar-refractivity contribution in [3.05, 3.63) is 36.5 Å². The molecule has 270 valence electrons. The van der Waals surface area contributed by atoms with E-state index in [1.807, 2.05) is 0 Å². The van der Waals surface area contributed by atoms with Gasteiger partial charge < -0.3 is 20.6 Å². The van der Waals surface area contributed by atoms with Gasteiger partial charge in [-0.3, -0.25) is 4.79 Å². The van der Waals surface area contributed by atoms with Crippen LogP contribution in [-0.2, 0) is 4.79 Å². The van der Waals surface area contributed by atoms with E-state index in [4.69, 9.17) is 0 Å². The van der Waals surface area contributed by atoms with Crippen LogP contribution in [0.5, 0.6) is 0 Å². The molecule has 46 heavy (non-hydrogen) atoms. The normalized spacial score (nSPS) is 14.1. The number of carbonyl (C=O) groups is 1. The molecular weight excluding hydrogens is 570 g/mol. The zero-order valence-electron chi connectivity index (χ0n) is 30.5. The number of carbonyl (C=O) groups excluding carboxylic acids is 1. The van der Waals surface area contributed by atoms with Crippen LogP contribution in [0.1, 0.15) is 194 Å². The topological polar surface area (TPSA) is 89.8 Å². The van der Waals surface area contributed by atoms with Gasteiger partial charge in [-0.2, -0.15) is 0 Å². The van der Waals surface area contributed by atoms with Gasteiger partial charge in [0.05, 0.1) is 18.8 Å². The maximum Gasteiger partial charge on any atom is 0.220 e. The van der Waals surface area contributed by atoms with Gasteiger partial charge in [0, 0.05) is 6.42 Å². The summed E-state index contributed by atoms with van der Waals surface area (Å²) in [7, 11) is 0. The highest BCUT2D eigenvalue weighted by atomic mass is 16.3. The highest BCUT2D eigenvalue weighted by Gasteiger charge is 2.26. The third-order valence-corrected chi connectivity index (χ3v) is 8.94. The fraction of sp³-hybridized carbons (Fsp3) is 0.829. The van der Waals surface area contributed by atoms with E-state index in [0.717, 1.165) is 44.9 Å². The molecule has 0 radical (unpaired) electrons. The third-order valence-electron chi connectivity index (χ3n) is 8.94. The first-order valence-corrected chi connectivity index (χ1v) is 19.8. The molecule has 0 rings (SSSR count). The number of nitrogens with one attached hydrogen (secondary N) is 1. The Morgan fingerprint density at radius 3 is 1.37 bits per heavy atom. The summed E-state index contributed by atoms with van der Waals surface area (Å²) in [6.07, 6.45) is 43.9. The van der Waals surface area contributed by atoms with Gasteiger partial charge in [0.15, 0.2) is 0 Å². The average molecular weight is 648 g/mol. The highest BCUT2D eigenvalue weighted by Crippen LogP contribution is 2.14. The number of amides is 1. The first-order valence-electron chi connectivity index (χ1n) is 19.8. The van der Waals surface area contributed by atoms with Crippen LogP contribution in [0, 0.1) is 0 Å². The Balaban J connectivity index is 3.70. The van der Waals surface area contributed by atoms with Crippen molar-refractivity contribution in [2.24, 2.45) is 0 Å². The van der Waals surface area contributed by atoms with Crippen molar-refractivity contribution < 1.29 is 20.1 Å². The standard InChI is InChI=1S/C41H77NO4/c1-3-5-7-9-11-13-15-17-18-19-20-21-22-23-24-26-28-30-32-34-36-40(45)42-38(37-43)41(46)39(44)35-33-31-29-27-25-16-14-12-10-8-6-4-2/h12,14,20-21,27,29,38-39,41,43-44,46H,3-11,13,15-19,22-26,28,30-37H2,1-2H3,(H,42,45)/b14-12+,21-20-,29-27+. The van der Waals surface area contributed by atoms with Gasteiger partial charge in [-0.05, 0) is 77.0 Å². The van der Waals surface area contributed by atoms with Gasteiger partial charge in [0.1, 0.15) is 6.10 Å². The lowest BCUT2D eigenvalue weighted by Crippen LogP contribution is -2.50. The molecule has 0 aromatic rings. The molecule has 0 aromatic carbocycles. The molecular formula is C41H77NO4. The van der Waals surface area contributed by atoms with Crippen molar-refractivity contribution in [2.45, 2.75) is 212 Å². The van der Waals surface area contributed by atoms with E-state index in [2.05, 4.69) is 55.6 Å². The summed E-state index contributed by atoms with van der Waals surface area (Å²) in [6, 6.07) is -0.832. The summed E-state index contributed by atoms with van der Waals surface area (Å²) in [4.78, 5) is 12.4. The minimum Gasteiger partial charge on any atom is -0.394 e. The molecule has 1 amide bonds. The van der Waals surface area contributed by atoms with Gasteiger partial charge in [-0.15, -0.1) is 0 Å². The maximum atomic E-state index is 12.4. The summed E-state index contributed by atoms with van der Waals surface area (Å²) in [6.45, 7) is 4.11. The van der Waals surface area contributed by atoms with Crippen molar-refractivity contribution >= 4 is 5.91 Å². The molecule has 0 aliphatic rings. The Kier molecular flexibility index (Phi) is 35.3. The second-order valence-corrected chi connectivity index (χ2v) is 13.5. The minimum absolute atomic E-state index is 0.165. The van der Waals surface area contributed by atoms with Crippen LogP contribution in [0.3, 0.4) is 0 Å². The third kappa shape index (κ3) is 31.2. The molecule has 5 heteroatoms. The maximum absolute atomic E-state index is 12.4. The molecule has 5 nitrogen and oxygen atoms in total. The van der Waals surface area contributed by atoms with E-state index in [1.165, 1.54) is 122 Å². The fourth-order valence-corrected chi connectivity index (χ4v) is 5.82. The molecule has 0 fully saturated rings. The van der Waals surface area contributed by atoms with Crippen LogP contribution in [0.4, 0.5) is 0 Å². The van der Waals surface area contributed by atoms with Gasteiger partial charge in [-0.25, -0.2) is 0 Å². The summed E-state index contributed by atoms with van der Waals surface area (Å²) in [5.74, 6) is -0.165. The van der Waals surface area contributed by atoms with Crippen LogP contribution in [0.15, 0.2) is 36.5 Å². The molecule has 0 aliphatic heterocycles. The lowest BCUT2D eigenvalue weighted by Gasteiger charge is -2.26. The highest BCUT2D eigenvalue weighted by molar-refractivity contribution is 5.76. The van der Waals surface area contributed by atoms with E-state index in [9.17, 15) is 20.1 Å². The molecule has 0 heterocycles. The smallest absolute Gasteiger partial charge is 0.220 e. The van der Waals surface area contributed by atoms with E-state index in [1.54, 1.807) is 0 Å². The average Bonchev–Trinajstić information content (AvgIpc) is 3.06. The summed E-state index contributed by atoms with van der Waals surface area (Å²) >= 11 is 0. The first kappa shape index (κ1) is 44.6. The van der Waals surface area contributed by atoms with Crippen LogP contribution >= 0.6 is 0 Å². The van der Waals surface area contributed by atoms with Crippen molar-refractivity contribution in [2.75, 3.05) is 6.61 Å². The molecule has 4 N–H and O–H groups in total. The van der Waals surface area contributed by atoms with E-state index in [-0.39, 0.29) is 12.5 Å². The second-order valence-electron chi connectivity index (χ2n) is 13.5. The summed E-state index contributed by atoms with van der Waals surface area (Å²) < 4.78 is 0. The Bertz CT molecular complexity index is 719. The molecule has 3 unspecified atom stereocenters. The van der Waals surface area contributed by atoms with E-state index < -0.39 is 18.2 Å². The molecule has 0 spiro atoms. The first-order chi connectivity index (χ1) is 22.6. The van der Waals surface area contributed by atoms with Crippen LogP contribution in [-0.4, -0.2) is 46.1 Å². The fourth-order valence-electron chi connectivity index (χ4n) is 5.82. The number of allylic oxidation sites excluding steroid dienone is 6. The van der Waals surface area contributed by atoms with Crippen molar-refractivity contribution in [1.82, 2.24) is 5.32 Å². The number of unbranched alkanes of at least 4 members (excludes halogenated alkanes) is 21. The van der Waals surface area contributed by atoms with Gasteiger partial charge in [0.25, 0.3) is 0 Å². The summed E-state index contributed by atoms with van der Waals surface area (Å²) in [5, 5.41) is 33.3. The van der Waals surface area contributed by atoms with Gasteiger partial charge in [0.2, 0.25) is 5.91 Å². The predicted molar refractivity (Wildman–Crippen MR) is 199 cm³/mol. The van der Waals surface area contributed by atoms with Crippen LogP contribution < -0.4 is 5.32 Å². The monoisotopic (exact) mass is 648 g/mol. The Morgan fingerprint density at radius 1 is 0.522 bits per heavy atom. The zero-order valence-corrected chi connectivity index (χ0v) is 30.5. The molecule has 0 saturated heterocycles. The lowest BCUT2D eigenvalue weighted by molar-refractivity contribution is -0.124. The molecule has 0 saturated carbocycles. The molecule has 0 aromatic heterocycles. The number of aliphatic hydroxyl groups excluding tert-OH is 3. The van der Waals surface area contributed by atoms with Gasteiger partial charge in [-0.1, -0.05) is 147 Å². The Labute approximate surface area is 285 Å². The van der Waals surface area contributed by atoms with Crippen LogP contribution in [0.25, 0.3) is 0 Å². The van der Waals surface area contributed by atoms with Gasteiger partial charge >= 0.3 is 0 Å². The number of hydrogen-bond acceptors (Lipinski definition) is 4. The largest absolute Gasteiger partial charge is 0.394 e. The number of hydrogen-bond donors (Lipinski definition) is 4. The SMILES string of the molecule is CCCCC/C=C/CC/C=C/CCCC(O)C(O)C(CO)NC(=O)CCCCCCCCC/C=C\CCCCCCCCCCC. The Morgan fingerprint density at radius 2 is 0.891 bits per heavy atom. The van der Waals surface area contributed by atoms with Crippen molar-refractivity contribution in [3.8, 4) is 0 Å². The molecule has 0 bridgehead atoms. The van der Waals surface area contributed by atoms with Crippen LogP contribution in [0.2, 0.25) is 0 Å². The molecule has 0 aliphatic carbocycles. The van der Waals surface area contributed by atoms with E-state index >= 15 is 0 Å². The predicted octanol–water partition coefficient (Wildman–Crippen LogP) is 10.8. The summed E-state index contributed by atoms with van der Waals surface area (Å²) in [5.41, 5.74) is 0. The quantitative estimate of drug-likeness (QED) is 0.0407. The zero-order chi connectivity index (χ0) is 33.8. The number of aliphatic hydroxyl groups is 3. The number of rotatable bonds is 35. The minimum atomic E-state index is -1.17. The van der Waals surface area contributed by atoms with Crippen molar-refractivity contribution in [3.63, 3.8) is 0 Å². The second kappa shape index (κ2) is 36.4. The lowest BCUT2D eigenvalue weighted by atomic mass is 10.0. The molecule has 3 atom stereocenters. The Hall–Kier alpha value is -1.43. The van der Waals surface area contributed by atoms with Crippen molar-refractivity contribution in [1.29, 1.82) is 0 Å².